The van der Waals surface area contributed by atoms with E-state index >= 15 is 0 Å². The number of ether oxygens (including phenoxy) is 1. The first kappa shape index (κ1) is 81.5. The van der Waals surface area contributed by atoms with Gasteiger partial charge in [0.25, 0.3) is 0 Å². The van der Waals surface area contributed by atoms with Gasteiger partial charge in [0.1, 0.15) is 60.4 Å². The monoisotopic (exact) mass is 1470 g/mol. The lowest BCUT2D eigenvalue weighted by Crippen LogP contribution is -2.62. The van der Waals surface area contributed by atoms with E-state index in [2.05, 4.69) is 57.7 Å². The van der Waals surface area contributed by atoms with Crippen LogP contribution in [0.4, 0.5) is 4.79 Å². The van der Waals surface area contributed by atoms with Gasteiger partial charge in [-0.05, 0) is 95.7 Å². The molecule has 2 aliphatic heterocycles. The van der Waals surface area contributed by atoms with E-state index in [0.717, 1.165) is 16.3 Å². The molecular formula is C73H96ClN17O14. The van der Waals surface area contributed by atoms with Gasteiger partial charge in [0.05, 0.1) is 26.2 Å². The molecule has 13 amide bonds. The molecule has 10 atom stereocenters. The number of carbonyl (C=O) groups excluding carboxylic acids is 12. The zero-order valence-electron chi connectivity index (χ0n) is 59.0. The maximum absolute atomic E-state index is 14.9. The summed E-state index contributed by atoms with van der Waals surface area (Å²) in [6, 6.07) is 19.6. The zero-order chi connectivity index (χ0) is 76.3. The fourth-order valence-electron chi connectivity index (χ4n) is 12.2. The molecule has 2 saturated heterocycles. The van der Waals surface area contributed by atoms with E-state index in [-0.39, 0.29) is 76.3 Å². The average molecular weight is 1470 g/mol. The quantitative estimate of drug-likeness (QED) is 0.0128. The number of primary amides is 3. The number of hydrogen-bond acceptors (Lipinski definition) is 16. The molecule has 7 rings (SSSR count). The van der Waals surface area contributed by atoms with Crippen molar-refractivity contribution in [3.05, 3.63) is 154 Å². The molecule has 2 heterocycles. The normalized spacial score (nSPS) is 16.2. The number of carbonyl (C=O) groups is 12. The Morgan fingerprint density at radius 2 is 0.990 bits per heavy atom. The third-order valence-corrected chi connectivity index (χ3v) is 18.0. The summed E-state index contributed by atoms with van der Waals surface area (Å²) in [5, 5.41) is 36.6. The summed E-state index contributed by atoms with van der Waals surface area (Å²) in [5.74, 6) is -10.5. The Morgan fingerprint density at radius 1 is 0.524 bits per heavy atom. The second-order valence-electron chi connectivity index (χ2n) is 26.6. The molecule has 0 bridgehead atoms. The lowest BCUT2D eigenvalue weighted by atomic mass is 9.99. The second kappa shape index (κ2) is 40.3. The highest BCUT2D eigenvalue weighted by molar-refractivity contribution is 6.30. The summed E-state index contributed by atoms with van der Waals surface area (Å²) in [6.07, 6.45) is -0.864. The van der Waals surface area contributed by atoms with Crippen LogP contribution >= 0.6 is 11.6 Å². The molecule has 0 radical (unpaired) electrons. The topological polar surface area (TPSA) is 492 Å². The van der Waals surface area contributed by atoms with Crippen LogP contribution in [0.5, 0.6) is 0 Å². The van der Waals surface area contributed by atoms with Crippen molar-refractivity contribution in [1.29, 1.82) is 0 Å². The number of morpholine rings is 1. The first-order valence-electron chi connectivity index (χ1n) is 34.8. The number of nitrogens with one attached hydrogen (secondary N) is 9. The van der Waals surface area contributed by atoms with E-state index in [1.165, 1.54) is 11.8 Å². The van der Waals surface area contributed by atoms with Gasteiger partial charge in [-0.3, -0.25) is 62.6 Å². The van der Waals surface area contributed by atoms with Crippen LogP contribution in [0.3, 0.4) is 0 Å². The molecule has 20 N–H and O–H groups in total. The average Bonchev–Trinajstić information content (AvgIpc) is 1.78. The Hall–Kier alpha value is -10.8. The Bertz CT molecular complexity index is 3880. The number of fused-ring (bicyclic) bond motifs is 1. The molecule has 0 aromatic heterocycles. The van der Waals surface area contributed by atoms with Gasteiger partial charge in [0.2, 0.25) is 65.0 Å². The third kappa shape index (κ3) is 26.2. The minimum atomic E-state index is -1.85. The molecule has 0 spiro atoms. The number of nitrogens with two attached hydrogens (primary N) is 5. The van der Waals surface area contributed by atoms with Crippen LogP contribution in [0.15, 0.2) is 126 Å². The van der Waals surface area contributed by atoms with Crippen LogP contribution in [0.2, 0.25) is 5.02 Å². The van der Waals surface area contributed by atoms with Crippen LogP contribution in [-0.4, -0.2) is 198 Å². The molecule has 32 heteroatoms. The standard InChI is InChI=1S/C73H96ClN17O14/c1-42(2)33-53(63(95)82-52(15-9-27-80-72(77)78)71(103)91-28-10-16-60(91)70(102)81-43(3)62(76)94)83-68(100)58(39-61(75)93)87-65(97)56(36-45-17-19-47(20-18-45)40-90-29-31-105-32-30-90)86-69(101)59(41-92)88-66(98)54(35-44-11-5-4-6-12-44)84-64(96)55(37-46-22-25-51(74)26-23-46)85-67(99)57(89-73(79)104)38-48-21-24-49-13-7-8-14-50(49)34-48/h4-8,11-14,17-26,34,42-43,52-60,92H,9-10,15-16,27-33,35-41H2,1-3H3,(H2,75,93)(H2,76,94)(H,81,102)(H,82,95)(H,83,100)(H,84,96)(H,85,99)(H,86,101)(H,87,97)(H,88,98)(H4,77,78,80)(H3,79,89,104)/t43-,52+,53+,54-,55-,56+,57-,58-,59+,60+/m1/s1. The number of hydrogen-bond donors (Lipinski definition) is 15. The van der Waals surface area contributed by atoms with E-state index in [1.807, 2.05) is 48.5 Å². The van der Waals surface area contributed by atoms with Gasteiger partial charge in [-0.15, -0.1) is 0 Å². The molecular weight excluding hydrogens is 1370 g/mol. The minimum Gasteiger partial charge on any atom is -0.394 e. The molecule has 0 aliphatic carbocycles. The minimum absolute atomic E-state index is 0.0439. The molecule has 2 fully saturated rings. The number of amides is 13. The van der Waals surface area contributed by atoms with Gasteiger partial charge >= 0.3 is 6.03 Å². The lowest BCUT2D eigenvalue weighted by Gasteiger charge is -2.31. The molecule has 2 aliphatic rings. The second-order valence-corrected chi connectivity index (χ2v) is 27.0. The summed E-state index contributed by atoms with van der Waals surface area (Å²) < 4.78 is 5.51. The van der Waals surface area contributed by atoms with Crippen LogP contribution in [0, 0.1) is 5.92 Å². The van der Waals surface area contributed by atoms with Crippen molar-refractivity contribution in [3.8, 4) is 0 Å². The Morgan fingerprint density at radius 3 is 1.54 bits per heavy atom. The predicted octanol–water partition coefficient (Wildman–Crippen LogP) is -1.03. The molecule has 105 heavy (non-hydrogen) atoms. The number of guanidine groups is 1. The molecule has 564 valence electrons. The SMILES string of the molecule is CC(C)C[C@H](NC(=O)[C@@H](CC(N)=O)NC(=O)[C@H](Cc1ccc(CN2CCOCC2)cc1)NC(=O)[C@H](CO)NC(=O)[C@@H](Cc1ccccc1)NC(=O)[C@@H](Cc1ccc(Cl)cc1)NC(=O)[C@@H](Cc1ccc2ccccc2c1)NC(N)=O)C(=O)N[C@@H](CCCN=C(N)N)C(=O)N1CCC[C@H]1C(=O)N[C@H](C)C(N)=O. The van der Waals surface area contributed by atoms with Crippen molar-refractivity contribution < 1.29 is 67.4 Å². The largest absolute Gasteiger partial charge is 0.394 e. The predicted molar refractivity (Wildman–Crippen MR) is 391 cm³/mol. The van der Waals surface area contributed by atoms with Gasteiger partial charge in [-0.25, -0.2) is 4.79 Å². The van der Waals surface area contributed by atoms with E-state index in [1.54, 1.807) is 86.6 Å². The van der Waals surface area contributed by atoms with Gasteiger partial charge in [0.15, 0.2) is 5.96 Å². The number of nitrogens with zero attached hydrogens (tertiary/aromatic N) is 3. The Balaban J connectivity index is 1.13. The van der Waals surface area contributed by atoms with E-state index in [9.17, 15) is 62.6 Å². The summed E-state index contributed by atoms with van der Waals surface area (Å²) in [7, 11) is 0. The van der Waals surface area contributed by atoms with Crippen LogP contribution in [0.1, 0.15) is 87.1 Å². The van der Waals surface area contributed by atoms with E-state index in [0.29, 0.717) is 66.5 Å². The van der Waals surface area contributed by atoms with Gasteiger partial charge in [0, 0.05) is 63.4 Å². The molecule has 31 nitrogen and oxygen atoms in total. The first-order chi connectivity index (χ1) is 50.1. The molecule has 5 aromatic rings. The zero-order valence-corrected chi connectivity index (χ0v) is 59.7. The lowest BCUT2D eigenvalue weighted by molar-refractivity contribution is -0.142. The number of aliphatic hydroxyl groups excluding tert-OH is 1. The molecule has 0 unspecified atom stereocenters. The third-order valence-electron chi connectivity index (χ3n) is 17.8. The number of benzene rings is 5. The van der Waals surface area contributed by atoms with Gasteiger partial charge < -0.3 is 91.3 Å². The fourth-order valence-corrected chi connectivity index (χ4v) is 12.3. The number of aliphatic hydroxyl groups is 1. The Kier molecular flexibility index (Phi) is 31.3. The van der Waals surface area contributed by atoms with Crippen LogP contribution in [-0.2, 0) is 89.7 Å². The highest BCUT2D eigenvalue weighted by Gasteiger charge is 2.41. The van der Waals surface area contributed by atoms with E-state index < -0.39 is 144 Å². The van der Waals surface area contributed by atoms with Crippen LogP contribution in [0.25, 0.3) is 10.8 Å². The Labute approximate surface area is 613 Å². The van der Waals surface area contributed by atoms with Gasteiger partial charge in [-0.2, -0.15) is 0 Å². The fraction of sp³-hybridized carbons (Fsp3) is 0.438. The maximum Gasteiger partial charge on any atom is 0.312 e. The first-order valence-corrected chi connectivity index (χ1v) is 35.2. The van der Waals surface area contributed by atoms with Crippen molar-refractivity contribution in [1.82, 2.24) is 57.7 Å². The highest BCUT2D eigenvalue weighted by atomic mass is 35.5. The van der Waals surface area contributed by atoms with Crippen molar-refractivity contribution in [2.24, 2.45) is 39.6 Å². The summed E-state index contributed by atoms with van der Waals surface area (Å²) in [6.45, 7) is 7.04. The summed E-state index contributed by atoms with van der Waals surface area (Å²) in [4.78, 5) is 175. The van der Waals surface area contributed by atoms with Crippen molar-refractivity contribution in [2.75, 3.05) is 46.0 Å². The number of likely N-dealkylation sites (tertiary alicyclic amines) is 1. The van der Waals surface area contributed by atoms with Crippen molar-refractivity contribution in [3.63, 3.8) is 0 Å². The number of aliphatic imine (C=N–C) groups is 1. The number of rotatable bonds is 38. The van der Waals surface area contributed by atoms with E-state index in [4.69, 9.17) is 45.0 Å². The summed E-state index contributed by atoms with van der Waals surface area (Å²) in [5.41, 5.74) is 30.9. The maximum atomic E-state index is 14.9. The number of urea groups is 1. The molecule has 5 aromatic carbocycles. The summed E-state index contributed by atoms with van der Waals surface area (Å²) >= 11 is 6.24. The van der Waals surface area contributed by atoms with Crippen molar-refractivity contribution >= 4 is 99.3 Å². The smallest absolute Gasteiger partial charge is 0.312 e. The van der Waals surface area contributed by atoms with Crippen molar-refractivity contribution in [2.45, 2.75) is 152 Å². The van der Waals surface area contributed by atoms with Crippen LogP contribution < -0.4 is 76.5 Å². The number of halogens is 1. The molecule has 0 saturated carbocycles. The van der Waals surface area contributed by atoms with Gasteiger partial charge in [-0.1, -0.05) is 135 Å². The highest BCUT2D eigenvalue weighted by Crippen LogP contribution is 2.22.